The van der Waals surface area contributed by atoms with Crippen LogP contribution in [-0.4, -0.2) is 32.4 Å². The zero-order valence-electron chi connectivity index (χ0n) is 14.0. The fourth-order valence-corrected chi connectivity index (χ4v) is 2.95. The number of anilines is 2. The van der Waals surface area contributed by atoms with Gasteiger partial charge < -0.3 is 10.1 Å². The van der Waals surface area contributed by atoms with Gasteiger partial charge in [-0.3, -0.25) is 4.40 Å². The van der Waals surface area contributed by atoms with Gasteiger partial charge >= 0.3 is 5.97 Å². The molecule has 8 heteroatoms. The van der Waals surface area contributed by atoms with Crippen LogP contribution >= 0.6 is 11.6 Å². The van der Waals surface area contributed by atoms with Crippen molar-refractivity contribution in [3.63, 3.8) is 0 Å². The van der Waals surface area contributed by atoms with Crippen molar-refractivity contribution >= 4 is 45.8 Å². The molecule has 3 heterocycles. The first kappa shape index (κ1) is 16.3. The van der Waals surface area contributed by atoms with E-state index in [2.05, 4.69) is 20.3 Å². The van der Waals surface area contributed by atoms with Crippen molar-refractivity contribution in [1.29, 1.82) is 0 Å². The predicted molar refractivity (Wildman–Crippen MR) is 99.1 cm³/mol. The fraction of sp³-hybridized carbons (Fsp3) is 0.111. The van der Waals surface area contributed by atoms with E-state index in [1.807, 2.05) is 23.6 Å². The largest absolute Gasteiger partial charge is 0.465 e. The number of nitrogens with zero attached hydrogens (tertiary/aromatic N) is 4. The van der Waals surface area contributed by atoms with Crippen molar-refractivity contribution in [3.8, 4) is 0 Å². The maximum atomic E-state index is 11.8. The number of hydrogen-bond acceptors (Lipinski definition) is 6. The highest BCUT2D eigenvalue weighted by atomic mass is 35.5. The Hall–Kier alpha value is -3.19. The van der Waals surface area contributed by atoms with Crippen molar-refractivity contribution < 1.29 is 9.53 Å². The summed E-state index contributed by atoms with van der Waals surface area (Å²) in [5.74, 6) is 0.140. The molecule has 4 aromatic rings. The number of imidazole rings is 1. The van der Waals surface area contributed by atoms with Gasteiger partial charge in [0.05, 0.1) is 23.9 Å². The van der Waals surface area contributed by atoms with Crippen molar-refractivity contribution in [2.45, 2.75) is 6.92 Å². The molecule has 0 aliphatic heterocycles. The Labute approximate surface area is 153 Å². The Balaban J connectivity index is 1.93. The summed E-state index contributed by atoms with van der Waals surface area (Å²) in [6.45, 7) is 1.91. The molecule has 0 amide bonds. The van der Waals surface area contributed by atoms with Crippen LogP contribution < -0.4 is 5.32 Å². The van der Waals surface area contributed by atoms with Crippen LogP contribution in [0.3, 0.4) is 0 Å². The average molecular weight is 368 g/mol. The summed E-state index contributed by atoms with van der Waals surface area (Å²) in [6.07, 6.45) is 3.50. The number of carbonyl (C=O) groups excluding carboxylic acids is 1. The van der Waals surface area contributed by atoms with Crippen LogP contribution in [0.5, 0.6) is 0 Å². The van der Waals surface area contributed by atoms with E-state index in [1.165, 1.54) is 7.11 Å². The number of aromatic nitrogens is 4. The minimum atomic E-state index is -0.413. The smallest absolute Gasteiger partial charge is 0.337 e. The maximum Gasteiger partial charge on any atom is 0.337 e. The SMILES string of the molecule is COC(=O)c1ccc2c(c1)nc(Nc1ccnc(Cl)c1)n1cc(C)nc21. The highest BCUT2D eigenvalue weighted by Gasteiger charge is 2.14. The molecule has 0 unspecified atom stereocenters. The van der Waals surface area contributed by atoms with Gasteiger partial charge in [0.2, 0.25) is 5.95 Å². The van der Waals surface area contributed by atoms with Crippen molar-refractivity contribution in [2.24, 2.45) is 0 Å². The van der Waals surface area contributed by atoms with Gasteiger partial charge in [0.1, 0.15) is 10.8 Å². The van der Waals surface area contributed by atoms with Gasteiger partial charge in [-0.05, 0) is 37.3 Å². The zero-order valence-corrected chi connectivity index (χ0v) is 14.8. The maximum absolute atomic E-state index is 11.8. The number of aryl methyl sites for hydroxylation is 1. The molecule has 0 saturated carbocycles. The van der Waals surface area contributed by atoms with Crippen LogP contribution in [0.25, 0.3) is 16.6 Å². The van der Waals surface area contributed by atoms with Gasteiger partial charge in [-0.1, -0.05) is 11.6 Å². The van der Waals surface area contributed by atoms with Gasteiger partial charge in [0.25, 0.3) is 0 Å². The molecular formula is C18H14ClN5O2. The number of fused-ring (bicyclic) bond motifs is 3. The first-order valence-electron chi connectivity index (χ1n) is 7.81. The molecular weight excluding hydrogens is 354 g/mol. The molecule has 0 atom stereocenters. The molecule has 0 fully saturated rings. The molecule has 26 heavy (non-hydrogen) atoms. The Morgan fingerprint density at radius 3 is 2.85 bits per heavy atom. The monoisotopic (exact) mass is 367 g/mol. The van der Waals surface area contributed by atoms with E-state index in [9.17, 15) is 4.79 Å². The summed E-state index contributed by atoms with van der Waals surface area (Å²) in [4.78, 5) is 25.0. The first-order valence-corrected chi connectivity index (χ1v) is 8.19. The lowest BCUT2D eigenvalue weighted by molar-refractivity contribution is 0.0601. The minimum Gasteiger partial charge on any atom is -0.465 e. The van der Waals surface area contributed by atoms with Gasteiger partial charge in [-0.2, -0.15) is 0 Å². The van der Waals surface area contributed by atoms with E-state index in [1.54, 1.807) is 30.5 Å². The van der Waals surface area contributed by atoms with Crippen LogP contribution in [0.2, 0.25) is 5.15 Å². The minimum absolute atomic E-state index is 0.377. The first-order chi connectivity index (χ1) is 12.5. The van der Waals surface area contributed by atoms with Gasteiger partial charge in [-0.15, -0.1) is 0 Å². The van der Waals surface area contributed by atoms with Crippen molar-refractivity contribution in [2.75, 3.05) is 12.4 Å². The predicted octanol–water partition coefficient (Wildman–Crippen LogP) is 3.77. The number of pyridine rings is 1. The number of halogens is 1. The molecule has 7 nitrogen and oxygen atoms in total. The van der Waals surface area contributed by atoms with Crippen LogP contribution in [-0.2, 0) is 4.74 Å². The molecule has 0 saturated heterocycles. The summed E-state index contributed by atoms with van der Waals surface area (Å²) >= 11 is 5.96. The molecule has 0 spiro atoms. The van der Waals surface area contributed by atoms with Gasteiger partial charge in [0.15, 0.2) is 0 Å². The van der Waals surface area contributed by atoms with E-state index in [0.717, 1.165) is 22.4 Å². The summed E-state index contributed by atoms with van der Waals surface area (Å²) < 4.78 is 6.66. The quantitative estimate of drug-likeness (QED) is 0.438. The number of rotatable bonds is 3. The summed E-state index contributed by atoms with van der Waals surface area (Å²) in [7, 11) is 1.35. The number of ether oxygens (including phenoxy) is 1. The van der Waals surface area contributed by atoms with Crippen LogP contribution in [0.4, 0.5) is 11.6 Å². The standard InChI is InChI=1S/C18H14ClN5O2/c1-10-9-24-16(21-10)13-4-3-11(17(25)26-2)7-14(13)23-18(24)22-12-5-6-20-15(19)8-12/h3-9H,1-2H3,(H,20,22,23). The molecule has 1 N–H and O–H groups in total. The Morgan fingerprint density at radius 2 is 2.08 bits per heavy atom. The molecule has 130 valence electrons. The van der Waals surface area contributed by atoms with E-state index < -0.39 is 5.97 Å². The van der Waals surface area contributed by atoms with Crippen LogP contribution in [0.1, 0.15) is 16.1 Å². The Morgan fingerprint density at radius 1 is 1.23 bits per heavy atom. The molecule has 4 rings (SSSR count). The van der Waals surface area contributed by atoms with E-state index in [4.69, 9.17) is 16.3 Å². The normalized spacial score (nSPS) is 11.0. The second-order valence-corrected chi connectivity index (χ2v) is 6.11. The third-order valence-electron chi connectivity index (χ3n) is 3.92. The van der Waals surface area contributed by atoms with Gasteiger partial charge in [-0.25, -0.2) is 19.7 Å². The molecule has 3 aromatic heterocycles. The molecule has 0 aliphatic rings. The topological polar surface area (TPSA) is 81.4 Å². The van der Waals surface area contributed by atoms with E-state index in [0.29, 0.717) is 22.2 Å². The number of nitrogens with one attached hydrogen (secondary N) is 1. The number of carbonyl (C=O) groups is 1. The summed E-state index contributed by atoms with van der Waals surface area (Å²) in [5.41, 5.74) is 3.40. The zero-order chi connectivity index (χ0) is 18.3. The molecule has 0 radical (unpaired) electrons. The highest BCUT2D eigenvalue weighted by Crippen LogP contribution is 2.25. The lowest BCUT2D eigenvalue weighted by atomic mass is 10.1. The third-order valence-corrected chi connectivity index (χ3v) is 4.13. The van der Waals surface area contributed by atoms with E-state index in [-0.39, 0.29) is 0 Å². The molecule has 0 aliphatic carbocycles. The lowest BCUT2D eigenvalue weighted by Gasteiger charge is -2.11. The highest BCUT2D eigenvalue weighted by molar-refractivity contribution is 6.29. The third kappa shape index (κ3) is 2.82. The fourth-order valence-electron chi connectivity index (χ4n) is 2.77. The Bertz CT molecular complexity index is 1160. The summed E-state index contributed by atoms with van der Waals surface area (Å²) in [6, 6.07) is 8.71. The molecule has 0 bridgehead atoms. The van der Waals surface area contributed by atoms with E-state index >= 15 is 0 Å². The lowest BCUT2D eigenvalue weighted by Crippen LogP contribution is -2.04. The Kier molecular flexibility index (Phi) is 3.93. The van der Waals surface area contributed by atoms with Crippen molar-refractivity contribution in [1.82, 2.24) is 19.4 Å². The summed E-state index contributed by atoms with van der Waals surface area (Å²) in [5, 5.41) is 4.44. The van der Waals surface area contributed by atoms with Crippen LogP contribution in [0.15, 0.2) is 42.7 Å². The number of methoxy groups -OCH3 is 1. The second kappa shape index (κ2) is 6.27. The average Bonchev–Trinajstić information content (AvgIpc) is 3.02. The number of benzene rings is 1. The second-order valence-electron chi connectivity index (χ2n) is 5.73. The number of hydrogen-bond donors (Lipinski definition) is 1. The van der Waals surface area contributed by atoms with Crippen molar-refractivity contribution in [3.05, 3.63) is 59.1 Å². The van der Waals surface area contributed by atoms with Crippen LogP contribution in [0, 0.1) is 6.92 Å². The number of esters is 1. The molecule has 1 aromatic carbocycles. The van der Waals surface area contributed by atoms with Gasteiger partial charge in [0, 0.05) is 23.5 Å².